The van der Waals surface area contributed by atoms with E-state index in [0.717, 1.165) is 60.2 Å². The first kappa shape index (κ1) is 14.5. The number of hydrogen-bond acceptors (Lipinski definition) is 3. The van der Waals surface area contributed by atoms with E-state index in [2.05, 4.69) is 33.8 Å². The molecule has 1 aliphatic heterocycles. The number of nitrogens with zero attached hydrogens (tertiary/aromatic N) is 1. The maximum atomic E-state index is 11.2. The molecule has 104 valence electrons. The summed E-state index contributed by atoms with van der Waals surface area (Å²) in [6.07, 6.45) is 3.04. The lowest BCUT2D eigenvalue weighted by molar-refractivity contribution is 0.0846. The van der Waals surface area contributed by atoms with Crippen molar-refractivity contribution in [2.75, 3.05) is 24.7 Å². The molecule has 1 fully saturated rings. The summed E-state index contributed by atoms with van der Waals surface area (Å²) in [5.74, 6) is 0. The van der Waals surface area contributed by atoms with E-state index in [4.69, 9.17) is 4.74 Å². The Hall–Kier alpha value is -0.870. The van der Waals surface area contributed by atoms with Crippen molar-refractivity contribution in [3.63, 3.8) is 0 Å². The average Bonchev–Trinajstić information content (AvgIpc) is 2.44. The van der Waals surface area contributed by atoms with Gasteiger partial charge >= 0.3 is 0 Å². The van der Waals surface area contributed by atoms with E-state index < -0.39 is 0 Å². The van der Waals surface area contributed by atoms with Crippen molar-refractivity contribution in [3.8, 4) is 0 Å². The molecule has 19 heavy (non-hydrogen) atoms. The van der Waals surface area contributed by atoms with Crippen LogP contribution in [0.15, 0.2) is 16.6 Å². The molecule has 0 amide bonds. The van der Waals surface area contributed by atoms with Crippen molar-refractivity contribution in [1.29, 1.82) is 0 Å². The molecule has 1 heterocycles. The molecule has 0 atom stereocenters. The number of rotatable bonds is 4. The third-order valence-corrected chi connectivity index (χ3v) is 4.25. The van der Waals surface area contributed by atoms with Crippen molar-refractivity contribution < 1.29 is 9.53 Å². The van der Waals surface area contributed by atoms with Crippen LogP contribution in [0.1, 0.15) is 35.7 Å². The van der Waals surface area contributed by atoms with Gasteiger partial charge < -0.3 is 9.64 Å². The van der Waals surface area contributed by atoms with E-state index in [9.17, 15) is 4.79 Å². The Balaban J connectivity index is 2.36. The highest BCUT2D eigenvalue weighted by Gasteiger charge is 2.22. The second-order valence-electron chi connectivity index (χ2n) is 4.89. The Morgan fingerprint density at radius 1 is 1.42 bits per heavy atom. The third-order valence-electron chi connectivity index (χ3n) is 3.79. The van der Waals surface area contributed by atoms with Gasteiger partial charge in [0.25, 0.3) is 0 Å². The van der Waals surface area contributed by atoms with E-state index in [0.29, 0.717) is 6.04 Å². The van der Waals surface area contributed by atoms with Crippen LogP contribution >= 0.6 is 15.9 Å². The molecule has 0 bridgehead atoms. The molecule has 1 saturated heterocycles. The van der Waals surface area contributed by atoms with Gasteiger partial charge in [-0.2, -0.15) is 0 Å². The number of aldehydes is 1. The summed E-state index contributed by atoms with van der Waals surface area (Å²) in [4.78, 5) is 13.6. The van der Waals surface area contributed by atoms with Crippen LogP contribution in [0.3, 0.4) is 0 Å². The highest BCUT2D eigenvalue weighted by atomic mass is 79.9. The third kappa shape index (κ3) is 3.18. The molecule has 2 rings (SSSR count). The van der Waals surface area contributed by atoms with E-state index in [1.165, 1.54) is 0 Å². The number of carbonyl (C=O) groups excluding carboxylic acids is 1. The van der Waals surface area contributed by atoms with Crippen LogP contribution in [0.5, 0.6) is 0 Å². The molecule has 1 aliphatic rings. The first-order valence-corrected chi connectivity index (χ1v) is 7.56. The van der Waals surface area contributed by atoms with Gasteiger partial charge in [0.1, 0.15) is 6.29 Å². The minimum atomic E-state index is 0.506. The van der Waals surface area contributed by atoms with Gasteiger partial charge in [-0.25, -0.2) is 0 Å². The van der Waals surface area contributed by atoms with Crippen molar-refractivity contribution in [2.24, 2.45) is 0 Å². The maximum absolute atomic E-state index is 11.2. The summed E-state index contributed by atoms with van der Waals surface area (Å²) in [5, 5.41) is 0. The number of carbonyl (C=O) groups is 1. The Kier molecular flexibility index (Phi) is 4.99. The SMILES string of the molecule is CCN(c1cc(Br)cc(C=O)c1C)C1CCOCC1. The molecule has 0 saturated carbocycles. The fourth-order valence-corrected chi connectivity index (χ4v) is 3.19. The van der Waals surface area contributed by atoms with Gasteiger partial charge in [0.2, 0.25) is 0 Å². The van der Waals surface area contributed by atoms with Gasteiger partial charge in [-0.1, -0.05) is 15.9 Å². The Labute approximate surface area is 123 Å². The molecule has 0 aromatic heterocycles. The maximum Gasteiger partial charge on any atom is 0.150 e. The summed E-state index contributed by atoms with van der Waals surface area (Å²) in [6.45, 7) is 6.79. The lowest BCUT2D eigenvalue weighted by Crippen LogP contribution is -2.39. The summed E-state index contributed by atoms with van der Waals surface area (Å²) in [7, 11) is 0. The molecule has 0 N–H and O–H groups in total. The van der Waals surface area contributed by atoms with E-state index >= 15 is 0 Å². The minimum Gasteiger partial charge on any atom is -0.381 e. The van der Waals surface area contributed by atoms with E-state index in [1.54, 1.807) is 0 Å². The summed E-state index contributed by atoms with van der Waals surface area (Å²) >= 11 is 3.50. The van der Waals surface area contributed by atoms with Crippen molar-refractivity contribution in [1.82, 2.24) is 0 Å². The molecule has 0 radical (unpaired) electrons. The lowest BCUT2D eigenvalue weighted by atomic mass is 10.0. The second kappa shape index (κ2) is 6.53. The Bertz CT molecular complexity index is 456. The predicted molar refractivity (Wildman–Crippen MR) is 81.1 cm³/mol. The number of halogens is 1. The lowest BCUT2D eigenvalue weighted by Gasteiger charge is -2.36. The standard InChI is InChI=1S/C15H20BrNO2/c1-3-17(14-4-6-19-7-5-14)15-9-13(16)8-12(10-18)11(15)2/h8-10,14H,3-7H2,1-2H3. The molecule has 1 aromatic rings. The fraction of sp³-hybridized carbons (Fsp3) is 0.533. The quantitative estimate of drug-likeness (QED) is 0.792. The van der Waals surface area contributed by atoms with Crippen molar-refractivity contribution >= 4 is 27.9 Å². The molecule has 3 nitrogen and oxygen atoms in total. The van der Waals surface area contributed by atoms with Crippen LogP contribution in [0.4, 0.5) is 5.69 Å². The zero-order chi connectivity index (χ0) is 13.8. The largest absolute Gasteiger partial charge is 0.381 e. The van der Waals surface area contributed by atoms with E-state index in [-0.39, 0.29) is 0 Å². The summed E-state index contributed by atoms with van der Waals surface area (Å²) in [6, 6.07) is 4.50. The van der Waals surface area contributed by atoms with Crippen LogP contribution in [0.2, 0.25) is 0 Å². The monoisotopic (exact) mass is 325 g/mol. The van der Waals surface area contributed by atoms with Crippen LogP contribution in [-0.4, -0.2) is 32.1 Å². The van der Waals surface area contributed by atoms with Crippen LogP contribution in [0, 0.1) is 6.92 Å². The second-order valence-corrected chi connectivity index (χ2v) is 5.80. The molecule has 0 unspecified atom stereocenters. The normalized spacial score (nSPS) is 16.4. The zero-order valence-electron chi connectivity index (χ0n) is 11.5. The highest BCUT2D eigenvalue weighted by molar-refractivity contribution is 9.10. The van der Waals surface area contributed by atoms with Crippen LogP contribution in [-0.2, 0) is 4.74 Å². The van der Waals surface area contributed by atoms with Crippen LogP contribution in [0.25, 0.3) is 0 Å². The van der Waals surface area contributed by atoms with Gasteiger partial charge in [-0.15, -0.1) is 0 Å². The highest BCUT2D eigenvalue weighted by Crippen LogP contribution is 2.30. The Morgan fingerprint density at radius 3 is 2.68 bits per heavy atom. The summed E-state index contributed by atoms with van der Waals surface area (Å²) in [5.41, 5.74) is 2.98. The minimum absolute atomic E-state index is 0.506. The summed E-state index contributed by atoms with van der Waals surface area (Å²) < 4.78 is 6.40. The van der Waals surface area contributed by atoms with Gasteiger partial charge in [0.05, 0.1) is 0 Å². The number of ether oxygens (including phenoxy) is 1. The number of anilines is 1. The fourth-order valence-electron chi connectivity index (χ4n) is 2.73. The molecule has 0 aliphatic carbocycles. The topological polar surface area (TPSA) is 29.5 Å². The molecule has 0 spiro atoms. The van der Waals surface area contributed by atoms with E-state index in [1.807, 2.05) is 13.0 Å². The first-order valence-electron chi connectivity index (χ1n) is 6.77. The molecule has 4 heteroatoms. The number of benzene rings is 1. The molecular weight excluding hydrogens is 306 g/mol. The number of hydrogen-bond donors (Lipinski definition) is 0. The van der Waals surface area contributed by atoms with Gasteiger partial charge in [-0.05, 0) is 44.4 Å². The van der Waals surface area contributed by atoms with Crippen molar-refractivity contribution in [3.05, 3.63) is 27.7 Å². The predicted octanol–water partition coefficient (Wildman–Crippen LogP) is 3.58. The average molecular weight is 326 g/mol. The molecular formula is C15H20BrNO2. The van der Waals surface area contributed by atoms with Gasteiger partial charge in [-0.3, -0.25) is 4.79 Å². The van der Waals surface area contributed by atoms with Gasteiger partial charge in [0, 0.05) is 41.5 Å². The zero-order valence-corrected chi connectivity index (χ0v) is 13.1. The first-order chi connectivity index (χ1) is 9.17. The molecule has 1 aromatic carbocycles. The Morgan fingerprint density at radius 2 is 2.11 bits per heavy atom. The van der Waals surface area contributed by atoms with Crippen molar-refractivity contribution in [2.45, 2.75) is 32.7 Å². The van der Waals surface area contributed by atoms with Crippen LogP contribution < -0.4 is 4.90 Å². The van der Waals surface area contributed by atoms with Gasteiger partial charge in [0.15, 0.2) is 0 Å². The smallest absolute Gasteiger partial charge is 0.150 e.